The van der Waals surface area contributed by atoms with Crippen LogP contribution in [0.2, 0.25) is 5.02 Å². The molecule has 0 spiro atoms. The van der Waals surface area contributed by atoms with Crippen LogP contribution in [0.15, 0.2) is 58.6 Å². The summed E-state index contributed by atoms with van der Waals surface area (Å²) < 4.78 is 0. The van der Waals surface area contributed by atoms with Crippen LogP contribution in [-0.2, 0) is 9.59 Å². The van der Waals surface area contributed by atoms with Gasteiger partial charge >= 0.3 is 0 Å². The molecule has 0 saturated carbocycles. The summed E-state index contributed by atoms with van der Waals surface area (Å²) in [6.45, 7) is 2.94. The number of amidine groups is 1. The summed E-state index contributed by atoms with van der Waals surface area (Å²) in [4.78, 5) is 37.3. The molecule has 8 heteroatoms. The molecule has 2 aliphatic heterocycles. The van der Waals surface area contributed by atoms with Gasteiger partial charge in [0, 0.05) is 36.9 Å². The van der Waals surface area contributed by atoms with Gasteiger partial charge < -0.3 is 9.80 Å². The van der Waals surface area contributed by atoms with Gasteiger partial charge in [-0.1, -0.05) is 35.9 Å². The number of piperazine rings is 1. The van der Waals surface area contributed by atoms with E-state index in [9.17, 15) is 9.59 Å². The lowest BCUT2D eigenvalue weighted by Crippen LogP contribution is -2.49. The lowest BCUT2D eigenvalue weighted by molar-refractivity contribution is -0.128. The van der Waals surface area contributed by atoms with E-state index in [4.69, 9.17) is 11.6 Å². The molecule has 1 fully saturated rings. The number of nitrogens with zero attached hydrogens (tertiary/aromatic N) is 4. The zero-order chi connectivity index (χ0) is 20.2. The van der Waals surface area contributed by atoms with Crippen molar-refractivity contribution in [2.45, 2.75) is 0 Å². The Bertz CT molecular complexity index is 932. The fourth-order valence-electron chi connectivity index (χ4n) is 3.49. The van der Waals surface area contributed by atoms with Crippen molar-refractivity contribution in [3.05, 3.63) is 53.6 Å². The monoisotopic (exact) mass is 428 g/mol. The van der Waals surface area contributed by atoms with Crippen molar-refractivity contribution >= 4 is 52.4 Å². The van der Waals surface area contributed by atoms with Crippen molar-refractivity contribution in [3.63, 3.8) is 0 Å². The summed E-state index contributed by atoms with van der Waals surface area (Å²) in [5.41, 5.74) is 1.81. The van der Waals surface area contributed by atoms with Crippen LogP contribution in [0.4, 0.5) is 5.69 Å². The Labute approximate surface area is 179 Å². The fraction of sp³-hybridized carbons (Fsp3) is 0.333. The van der Waals surface area contributed by atoms with Gasteiger partial charge in [-0.05, 0) is 24.3 Å². The van der Waals surface area contributed by atoms with Gasteiger partial charge in [-0.3, -0.25) is 9.59 Å². The minimum absolute atomic E-state index is 0.106. The summed E-state index contributed by atoms with van der Waals surface area (Å²) in [6, 6.07) is 7.78. The summed E-state index contributed by atoms with van der Waals surface area (Å²) >= 11 is 7.52. The van der Waals surface area contributed by atoms with E-state index in [-0.39, 0.29) is 17.7 Å². The third-order valence-electron chi connectivity index (χ3n) is 5.03. The van der Waals surface area contributed by atoms with Crippen LogP contribution >= 0.6 is 23.4 Å². The van der Waals surface area contributed by atoms with Gasteiger partial charge in [-0.25, -0.2) is 4.99 Å². The van der Waals surface area contributed by atoms with E-state index in [2.05, 4.69) is 14.9 Å². The van der Waals surface area contributed by atoms with Crippen LogP contribution in [0.5, 0.6) is 0 Å². The van der Waals surface area contributed by atoms with E-state index in [1.165, 1.54) is 11.8 Å². The number of hydrogen-bond acceptors (Lipinski definition) is 5. The van der Waals surface area contributed by atoms with Crippen molar-refractivity contribution in [2.75, 3.05) is 42.6 Å². The highest BCUT2D eigenvalue weighted by atomic mass is 35.5. The highest BCUT2D eigenvalue weighted by molar-refractivity contribution is 8.00. The highest BCUT2D eigenvalue weighted by Crippen LogP contribution is 2.21. The van der Waals surface area contributed by atoms with E-state index in [1.54, 1.807) is 6.08 Å². The number of allylic oxidation sites excluding steroid dienone is 3. The van der Waals surface area contributed by atoms with Gasteiger partial charge in [0.2, 0.25) is 5.91 Å². The zero-order valence-electron chi connectivity index (χ0n) is 15.8. The average Bonchev–Trinajstić information content (AvgIpc) is 2.74. The minimum Gasteiger partial charge on any atom is -0.368 e. The second kappa shape index (κ2) is 8.97. The number of aliphatic imine (C=N–C) groups is 2. The molecule has 150 valence electrons. The number of carbonyl (C=O) groups is 2. The number of fused-ring (bicyclic) bond motifs is 1. The molecule has 0 radical (unpaired) electrons. The number of halogens is 1. The molecule has 2 amide bonds. The molecule has 6 nitrogen and oxygen atoms in total. The molecule has 1 atom stereocenters. The molecule has 3 aliphatic rings. The molecule has 0 N–H and O–H groups in total. The molecular weight excluding hydrogens is 408 g/mol. The first kappa shape index (κ1) is 19.9. The van der Waals surface area contributed by atoms with Gasteiger partial charge in [0.25, 0.3) is 5.91 Å². The van der Waals surface area contributed by atoms with Crippen molar-refractivity contribution in [1.29, 1.82) is 0 Å². The van der Waals surface area contributed by atoms with Crippen molar-refractivity contribution in [2.24, 2.45) is 15.9 Å². The maximum Gasteiger partial charge on any atom is 0.260 e. The SMILES string of the molecule is O=C1N=C(CSCC(=O)N2CCN(c3cccc(Cl)c3)CC2)N=C2C=CC=CC12. The molecule has 29 heavy (non-hydrogen) atoms. The van der Waals surface area contributed by atoms with E-state index < -0.39 is 0 Å². The van der Waals surface area contributed by atoms with Crippen LogP contribution in [0.3, 0.4) is 0 Å². The summed E-state index contributed by atoms with van der Waals surface area (Å²) in [5.74, 6) is 0.863. The van der Waals surface area contributed by atoms with Crippen LogP contribution < -0.4 is 4.90 Å². The highest BCUT2D eigenvalue weighted by Gasteiger charge is 2.26. The minimum atomic E-state index is -0.355. The average molecular weight is 429 g/mol. The van der Waals surface area contributed by atoms with Gasteiger partial charge in [-0.15, -0.1) is 11.8 Å². The molecule has 0 bridgehead atoms. The third-order valence-corrected chi connectivity index (χ3v) is 6.17. The lowest BCUT2D eigenvalue weighted by Gasteiger charge is -2.36. The van der Waals surface area contributed by atoms with Crippen LogP contribution in [0, 0.1) is 5.92 Å². The number of rotatable bonds is 5. The molecule has 1 aromatic rings. The molecule has 1 aromatic carbocycles. The normalized spacial score (nSPS) is 21.0. The molecule has 1 aliphatic carbocycles. The Balaban J connectivity index is 1.24. The fourth-order valence-corrected chi connectivity index (χ4v) is 4.45. The quantitative estimate of drug-likeness (QED) is 0.723. The Morgan fingerprint density at radius 3 is 2.79 bits per heavy atom. The van der Waals surface area contributed by atoms with Crippen LogP contribution in [0.25, 0.3) is 0 Å². The largest absolute Gasteiger partial charge is 0.368 e. The van der Waals surface area contributed by atoms with E-state index in [1.807, 2.05) is 47.4 Å². The van der Waals surface area contributed by atoms with Crippen LogP contribution in [0.1, 0.15) is 0 Å². The van der Waals surface area contributed by atoms with Gasteiger partial charge in [0.1, 0.15) is 11.8 Å². The molecule has 2 heterocycles. The molecular formula is C21H21ClN4O2S. The topological polar surface area (TPSA) is 65.3 Å². The Morgan fingerprint density at radius 1 is 1.17 bits per heavy atom. The lowest BCUT2D eigenvalue weighted by atomic mass is 9.97. The maximum absolute atomic E-state index is 12.5. The first-order valence-electron chi connectivity index (χ1n) is 9.51. The summed E-state index contributed by atoms with van der Waals surface area (Å²) in [5, 5.41) is 0.719. The number of carbonyl (C=O) groups excluding carboxylic acids is 2. The Kier molecular flexibility index (Phi) is 6.16. The van der Waals surface area contributed by atoms with Gasteiger partial charge in [0.05, 0.1) is 17.2 Å². The Morgan fingerprint density at radius 2 is 2.00 bits per heavy atom. The maximum atomic E-state index is 12.5. The molecule has 1 saturated heterocycles. The van der Waals surface area contributed by atoms with Crippen molar-refractivity contribution < 1.29 is 9.59 Å². The Hall–Kier alpha value is -2.38. The first-order valence-corrected chi connectivity index (χ1v) is 11.0. The molecule has 0 aromatic heterocycles. The third kappa shape index (κ3) is 4.79. The zero-order valence-corrected chi connectivity index (χ0v) is 17.4. The predicted molar refractivity (Wildman–Crippen MR) is 119 cm³/mol. The standard InChI is InChI=1S/C21H21ClN4O2S/c22-15-4-3-5-16(12-15)25-8-10-26(11-9-25)20(27)14-29-13-19-23-18-7-2-1-6-17(18)21(28)24-19/h1-7,12,17H,8-11,13-14H2. The van der Waals surface area contributed by atoms with Crippen LogP contribution in [-0.4, -0.2) is 65.9 Å². The molecule has 1 unspecified atom stereocenters. The van der Waals surface area contributed by atoms with Gasteiger partial charge in [0.15, 0.2) is 0 Å². The second-order valence-electron chi connectivity index (χ2n) is 6.97. The number of thioether (sulfide) groups is 1. The molecule has 4 rings (SSSR count). The first-order chi connectivity index (χ1) is 14.1. The second-order valence-corrected chi connectivity index (χ2v) is 8.39. The smallest absolute Gasteiger partial charge is 0.260 e. The number of anilines is 1. The van der Waals surface area contributed by atoms with Gasteiger partial charge in [-0.2, -0.15) is 4.99 Å². The van der Waals surface area contributed by atoms with E-state index in [0.29, 0.717) is 30.4 Å². The summed E-state index contributed by atoms with van der Waals surface area (Å²) in [6.07, 6.45) is 7.35. The predicted octanol–water partition coefficient (Wildman–Crippen LogP) is 2.84. The van der Waals surface area contributed by atoms with E-state index in [0.717, 1.165) is 29.5 Å². The number of amides is 2. The number of hydrogen-bond donors (Lipinski definition) is 0. The van der Waals surface area contributed by atoms with E-state index >= 15 is 0 Å². The number of benzene rings is 1. The van der Waals surface area contributed by atoms with Crippen molar-refractivity contribution in [1.82, 2.24) is 4.90 Å². The van der Waals surface area contributed by atoms with Crippen molar-refractivity contribution in [3.8, 4) is 0 Å². The summed E-state index contributed by atoms with van der Waals surface area (Å²) in [7, 11) is 0.